The lowest BCUT2D eigenvalue weighted by Gasteiger charge is -2.28. The molecule has 0 aromatic heterocycles. The normalized spacial score (nSPS) is 22.6. The molecule has 1 unspecified atom stereocenters. The zero-order valence-electron chi connectivity index (χ0n) is 12.2. The first kappa shape index (κ1) is 14.9. The van der Waals surface area contributed by atoms with E-state index in [2.05, 4.69) is 37.5 Å². The fourth-order valence-electron chi connectivity index (χ4n) is 2.62. The molecule has 3 heteroatoms. The molecule has 3 nitrogen and oxygen atoms in total. The van der Waals surface area contributed by atoms with Crippen LogP contribution in [0, 0.1) is 5.41 Å². The van der Waals surface area contributed by atoms with Crippen molar-refractivity contribution < 1.29 is 0 Å². The predicted octanol–water partition coefficient (Wildman–Crippen LogP) is 1.78. The van der Waals surface area contributed by atoms with Gasteiger partial charge < -0.3 is 10.6 Å². The Labute approximate surface area is 107 Å². The van der Waals surface area contributed by atoms with Crippen molar-refractivity contribution >= 4 is 0 Å². The molecule has 0 spiro atoms. The third-order valence-corrected chi connectivity index (χ3v) is 4.23. The number of hydrogen-bond acceptors (Lipinski definition) is 3. The lowest BCUT2D eigenvalue weighted by molar-refractivity contribution is 0.200. The van der Waals surface area contributed by atoms with E-state index in [9.17, 15) is 0 Å². The Hall–Kier alpha value is -0.120. The van der Waals surface area contributed by atoms with Gasteiger partial charge in [-0.05, 0) is 51.0 Å². The lowest BCUT2D eigenvalue weighted by atomic mass is 9.89. The summed E-state index contributed by atoms with van der Waals surface area (Å²) in [4.78, 5) is 5.20. The van der Waals surface area contributed by atoms with Crippen LogP contribution in [-0.4, -0.2) is 55.1 Å². The van der Waals surface area contributed by atoms with Crippen LogP contribution in [0.25, 0.3) is 0 Å². The molecule has 0 aromatic rings. The van der Waals surface area contributed by atoms with Crippen LogP contribution in [0.2, 0.25) is 0 Å². The Balaban J connectivity index is 2.31. The summed E-state index contributed by atoms with van der Waals surface area (Å²) in [5, 5.41) is 0. The second kappa shape index (κ2) is 6.72. The molecule has 1 atom stereocenters. The molecule has 0 saturated carbocycles. The number of rotatable bonds is 7. The second-order valence-corrected chi connectivity index (χ2v) is 6.08. The topological polar surface area (TPSA) is 32.5 Å². The summed E-state index contributed by atoms with van der Waals surface area (Å²) in [7, 11) is 0. The molecule has 1 fully saturated rings. The van der Waals surface area contributed by atoms with Gasteiger partial charge in [0.1, 0.15) is 0 Å². The SMILES string of the molecule is CCN(CC)C1CCN(CCC(C)(C)CN)C1. The van der Waals surface area contributed by atoms with Crippen molar-refractivity contribution in [1.82, 2.24) is 9.80 Å². The number of likely N-dealkylation sites (tertiary alicyclic amines) is 1. The van der Waals surface area contributed by atoms with Gasteiger partial charge in [0, 0.05) is 12.6 Å². The molecule has 1 saturated heterocycles. The van der Waals surface area contributed by atoms with Gasteiger partial charge in [-0.15, -0.1) is 0 Å². The first-order valence-electron chi connectivity index (χ1n) is 7.19. The zero-order chi connectivity index (χ0) is 12.9. The average Bonchev–Trinajstić information content (AvgIpc) is 2.77. The monoisotopic (exact) mass is 241 g/mol. The molecule has 1 heterocycles. The molecule has 0 bridgehead atoms. The fraction of sp³-hybridized carbons (Fsp3) is 1.00. The third kappa shape index (κ3) is 4.57. The van der Waals surface area contributed by atoms with Gasteiger partial charge >= 0.3 is 0 Å². The van der Waals surface area contributed by atoms with E-state index in [0.717, 1.165) is 12.6 Å². The zero-order valence-corrected chi connectivity index (χ0v) is 12.2. The van der Waals surface area contributed by atoms with Gasteiger partial charge in [-0.2, -0.15) is 0 Å². The molecule has 0 aromatic carbocycles. The van der Waals surface area contributed by atoms with E-state index < -0.39 is 0 Å². The second-order valence-electron chi connectivity index (χ2n) is 6.08. The summed E-state index contributed by atoms with van der Waals surface area (Å²) in [5.41, 5.74) is 6.08. The summed E-state index contributed by atoms with van der Waals surface area (Å²) in [5.74, 6) is 0. The van der Waals surface area contributed by atoms with Crippen molar-refractivity contribution in [2.24, 2.45) is 11.1 Å². The number of nitrogens with two attached hydrogens (primary N) is 1. The van der Waals surface area contributed by atoms with Crippen LogP contribution in [0.15, 0.2) is 0 Å². The van der Waals surface area contributed by atoms with Crippen molar-refractivity contribution in [3.05, 3.63) is 0 Å². The van der Waals surface area contributed by atoms with Crippen molar-refractivity contribution in [2.45, 2.75) is 46.6 Å². The van der Waals surface area contributed by atoms with Crippen LogP contribution in [-0.2, 0) is 0 Å². The molecule has 1 aliphatic rings. The average molecular weight is 241 g/mol. The molecule has 17 heavy (non-hydrogen) atoms. The molecule has 1 rings (SSSR count). The Morgan fingerprint density at radius 2 is 1.94 bits per heavy atom. The molecule has 1 aliphatic heterocycles. The first-order valence-corrected chi connectivity index (χ1v) is 7.19. The van der Waals surface area contributed by atoms with E-state index in [0.29, 0.717) is 5.41 Å². The van der Waals surface area contributed by atoms with Crippen molar-refractivity contribution in [1.29, 1.82) is 0 Å². The van der Waals surface area contributed by atoms with Gasteiger partial charge in [0.15, 0.2) is 0 Å². The molecule has 0 radical (unpaired) electrons. The van der Waals surface area contributed by atoms with Crippen molar-refractivity contribution in [2.75, 3.05) is 39.3 Å². The van der Waals surface area contributed by atoms with Gasteiger partial charge in [0.05, 0.1) is 0 Å². The minimum absolute atomic E-state index is 0.299. The molecular formula is C14H31N3. The predicted molar refractivity (Wildman–Crippen MR) is 75.2 cm³/mol. The smallest absolute Gasteiger partial charge is 0.0235 e. The van der Waals surface area contributed by atoms with E-state index in [-0.39, 0.29) is 0 Å². The number of likely N-dealkylation sites (N-methyl/N-ethyl adjacent to an activating group) is 1. The van der Waals surface area contributed by atoms with E-state index in [1.54, 1.807) is 0 Å². The maximum atomic E-state index is 5.78. The fourth-order valence-corrected chi connectivity index (χ4v) is 2.62. The van der Waals surface area contributed by atoms with Gasteiger partial charge in [-0.3, -0.25) is 4.90 Å². The van der Waals surface area contributed by atoms with Gasteiger partial charge in [-0.1, -0.05) is 27.7 Å². The van der Waals surface area contributed by atoms with Crippen LogP contribution in [0.1, 0.15) is 40.5 Å². The van der Waals surface area contributed by atoms with E-state index in [1.807, 2.05) is 0 Å². The lowest BCUT2D eigenvalue weighted by Crippen LogP contribution is -2.38. The van der Waals surface area contributed by atoms with E-state index in [1.165, 1.54) is 45.6 Å². The van der Waals surface area contributed by atoms with E-state index in [4.69, 9.17) is 5.73 Å². The standard InChI is InChI=1S/C14H31N3/c1-5-17(6-2)13-7-9-16(11-13)10-8-14(3,4)12-15/h13H,5-12,15H2,1-4H3. The van der Waals surface area contributed by atoms with Crippen LogP contribution in [0.4, 0.5) is 0 Å². The van der Waals surface area contributed by atoms with Crippen LogP contribution in [0.3, 0.4) is 0 Å². The molecule has 102 valence electrons. The first-order chi connectivity index (χ1) is 8.02. The van der Waals surface area contributed by atoms with Crippen LogP contribution < -0.4 is 5.73 Å². The van der Waals surface area contributed by atoms with Gasteiger partial charge in [0.25, 0.3) is 0 Å². The summed E-state index contributed by atoms with van der Waals surface area (Å²) in [6.07, 6.45) is 2.55. The summed E-state index contributed by atoms with van der Waals surface area (Å²) in [6.45, 7) is 16.0. The van der Waals surface area contributed by atoms with Crippen molar-refractivity contribution in [3.63, 3.8) is 0 Å². The van der Waals surface area contributed by atoms with Gasteiger partial charge in [-0.25, -0.2) is 0 Å². The van der Waals surface area contributed by atoms with E-state index >= 15 is 0 Å². The Morgan fingerprint density at radius 1 is 1.29 bits per heavy atom. The highest BCUT2D eigenvalue weighted by atomic mass is 15.2. The summed E-state index contributed by atoms with van der Waals surface area (Å²) < 4.78 is 0. The Bertz CT molecular complexity index is 212. The molecule has 0 aliphatic carbocycles. The third-order valence-electron chi connectivity index (χ3n) is 4.23. The largest absolute Gasteiger partial charge is 0.330 e. The maximum Gasteiger partial charge on any atom is 0.0235 e. The molecular weight excluding hydrogens is 210 g/mol. The minimum Gasteiger partial charge on any atom is -0.330 e. The maximum absolute atomic E-state index is 5.78. The minimum atomic E-state index is 0.299. The highest BCUT2D eigenvalue weighted by Crippen LogP contribution is 2.21. The van der Waals surface area contributed by atoms with Crippen LogP contribution >= 0.6 is 0 Å². The summed E-state index contributed by atoms with van der Waals surface area (Å²) >= 11 is 0. The Morgan fingerprint density at radius 3 is 2.47 bits per heavy atom. The Kier molecular flexibility index (Phi) is 5.90. The number of hydrogen-bond donors (Lipinski definition) is 1. The van der Waals surface area contributed by atoms with Crippen LogP contribution in [0.5, 0.6) is 0 Å². The highest BCUT2D eigenvalue weighted by molar-refractivity contribution is 4.83. The van der Waals surface area contributed by atoms with Gasteiger partial charge in [0.2, 0.25) is 0 Å². The van der Waals surface area contributed by atoms with Crippen molar-refractivity contribution in [3.8, 4) is 0 Å². The number of nitrogens with zero attached hydrogens (tertiary/aromatic N) is 2. The summed E-state index contributed by atoms with van der Waals surface area (Å²) in [6, 6.07) is 0.783. The highest BCUT2D eigenvalue weighted by Gasteiger charge is 2.27. The molecule has 2 N–H and O–H groups in total. The quantitative estimate of drug-likeness (QED) is 0.737. The molecule has 0 amide bonds.